The average molecular weight is 332 g/mol. The second-order valence-corrected chi connectivity index (χ2v) is 4.90. The third-order valence-corrected chi connectivity index (χ3v) is 3.65. The summed E-state index contributed by atoms with van der Waals surface area (Å²) in [5.41, 5.74) is 1.58. The summed E-state index contributed by atoms with van der Waals surface area (Å²) in [5, 5.41) is 9.79. The molecule has 0 bridgehead atoms. The number of aromatic nitrogens is 2. The van der Waals surface area contributed by atoms with Crippen molar-refractivity contribution in [2.75, 3.05) is 7.11 Å². The van der Waals surface area contributed by atoms with E-state index in [4.69, 9.17) is 16.3 Å². The van der Waals surface area contributed by atoms with Crippen LogP contribution in [0.15, 0.2) is 22.8 Å². The minimum Gasteiger partial charge on any atom is -0.495 e. The number of hydrogen-bond acceptors (Lipinski definition) is 3. The normalized spacial score (nSPS) is 10.7. The topological polar surface area (TPSA) is 47.3 Å². The van der Waals surface area contributed by atoms with Crippen molar-refractivity contribution >= 4 is 27.5 Å². The molecule has 0 saturated heterocycles. The summed E-state index contributed by atoms with van der Waals surface area (Å²) in [4.78, 5) is 4.37. The second kappa shape index (κ2) is 5.30. The van der Waals surface area contributed by atoms with Gasteiger partial charge >= 0.3 is 0 Å². The fraction of sp³-hybridized carbons (Fsp3) is 0.250. The number of aliphatic hydroxyl groups excluding tert-OH is 1. The van der Waals surface area contributed by atoms with E-state index >= 15 is 0 Å². The van der Waals surface area contributed by atoms with E-state index in [0.717, 1.165) is 17.1 Å². The van der Waals surface area contributed by atoms with Crippen molar-refractivity contribution in [3.8, 4) is 17.1 Å². The van der Waals surface area contributed by atoms with Crippen LogP contribution in [0.3, 0.4) is 0 Å². The minimum absolute atomic E-state index is 0.0754. The molecule has 6 heteroatoms. The van der Waals surface area contributed by atoms with Gasteiger partial charge in [-0.25, -0.2) is 4.98 Å². The van der Waals surface area contributed by atoms with Crippen LogP contribution in [0.5, 0.6) is 5.75 Å². The highest BCUT2D eigenvalue weighted by atomic mass is 79.9. The second-order valence-electron chi connectivity index (χ2n) is 3.74. The summed E-state index contributed by atoms with van der Waals surface area (Å²) in [6.07, 6.45) is 0. The highest BCUT2D eigenvalue weighted by Crippen LogP contribution is 2.31. The van der Waals surface area contributed by atoms with Gasteiger partial charge in [-0.05, 0) is 34.1 Å². The lowest BCUT2D eigenvalue weighted by Gasteiger charge is -2.07. The maximum Gasteiger partial charge on any atom is 0.141 e. The first kappa shape index (κ1) is 13.4. The van der Waals surface area contributed by atoms with E-state index in [9.17, 15) is 5.11 Å². The minimum atomic E-state index is -0.0754. The average Bonchev–Trinajstić information content (AvgIpc) is 2.64. The highest BCUT2D eigenvalue weighted by Gasteiger charge is 2.14. The molecule has 0 aliphatic carbocycles. The standard InChI is InChI=1S/C12H12BrClN2O2/c1-16-9(6-17)11(13)15-12(16)7-3-4-10(18-2)8(14)5-7/h3-5,17H,6H2,1-2H3. The predicted molar refractivity (Wildman–Crippen MR) is 73.8 cm³/mol. The molecule has 96 valence electrons. The number of methoxy groups -OCH3 is 1. The quantitative estimate of drug-likeness (QED) is 0.940. The first-order valence-electron chi connectivity index (χ1n) is 5.24. The van der Waals surface area contributed by atoms with Crippen molar-refractivity contribution in [2.24, 2.45) is 7.05 Å². The summed E-state index contributed by atoms with van der Waals surface area (Å²) in [7, 11) is 3.42. The molecule has 0 radical (unpaired) electrons. The molecule has 2 aromatic rings. The lowest BCUT2D eigenvalue weighted by Crippen LogP contribution is -1.98. The van der Waals surface area contributed by atoms with Crippen molar-refractivity contribution in [3.05, 3.63) is 33.5 Å². The molecule has 1 N–H and O–H groups in total. The number of nitrogens with zero attached hydrogens (tertiary/aromatic N) is 2. The molecule has 0 spiro atoms. The van der Waals surface area contributed by atoms with E-state index in [1.54, 1.807) is 19.2 Å². The molecule has 4 nitrogen and oxygen atoms in total. The van der Waals surface area contributed by atoms with Crippen molar-refractivity contribution in [2.45, 2.75) is 6.61 Å². The van der Waals surface area contributed by atoms with Gasteiger partial charge in [0, 0.05) is 12.6 Å². The van der Waals surface area contributed by atoms with Gasteiger partial charge in [0.05, 0.1) is 24.4 Å². The Morgan fingerprint density at radius 2 is 2.22 bits per heavy atom. The Hall–Kier alpha value is -1.04. The highest BCUT2D eigenvalue weighted by molar-refractivity contribution is 9.10. The number of aliphatic hydroxyl groups is 1. The maximum atomic E-state index is 9.26. The zero-order chi connectivity index (χ0) is 13.3. The fourth-order valence-corrected chi connectivity index (χ4v) is 2.55. The molecule has 1 aromatic heterocycles. The Kier molecular flexibility index (Phi) is 3.94. The van der Waals surface area contributed by atoms with Gasteiger partial charge in [0.2, 0.25) is 0 Å². The molecular weight excluding hydrogens is 320 g/mol. The first-order chi connectivity index (χ1) is 8.58. The molecule has 0 amide bonds. The largest absolute Gasteiger partial charge is 0.495 e. The lowest BCUT2D eigenvalue weighted by molar-refractivity contribution is 0.272. The molecular formula is C12H12BrClN2O2. The van der Waals surface area contributed by atoms with E-state index < -0.39 is 0 Å². The SMILES string of the molecule is COc1ccc(-c2nc(Br)c(CO)n2C)cc1Cl. The van der Waals surface area contributed by atoms with E-state index in [2.05, 4.69) is 20.9 Å². The van der Waals surface area contributed by atoms with Gasteiger partial charge in [0.15, 0.2) is 0 Å². The lowest BCUT2D eigenvalue weighted by atomic mass is 10.2. The number of hydrogen-bond donors (Lipinski definition) is 1. The molecule has 1 aromatic carbocycles. The number of benzene rings is 1. The molecule has 0 unspecified atom stereocenters. The fourth-order valence-electron chi connectivity index (χ4n) is 1.73. The van der Waals surface area contributed by atoms with Crippen LogP contribution in [-0.4, -0.2) is 21.8 Å². The van der Waals surface area contributed by atoms with Gasteiger partial charge in [-0.15, -0.1) is 0 Å². The van der Waals surface area contributed by atoms with Gasteiger partial charge in [-0.3, -0.25) is 0 Å². The zero-order valence-corrected chi connectivity index (χ0v) is 12.3. The number of rotatable bonds is 3. The van der Waals surface area contributed by atoms with Crippen LogP contribution in [-0.2, 0) is 13.7 Å². The summed E-state index contributed by atoms with van der Waals surface area (Å²) >= 11 is 9.41. The summed E-state index contributed by atoms with van der Waals surface area (Å²) < 4.78 is 7.56. The zero-order valence-electron chi connectivity index (χ0n) is 9.94. The molecule has 0 saturated carbocycles. The van der Waals surface area contributed by atoms with Crippen LogP contribution in [0.2, 0.25) is 5.02 Å². The Morgan fingerprint density at radius 1 is 1.50 bits per heavy atom. The van der Waals surface area contributed by atoms with Crippen LogP contribution in [0, 0.1) is 0 Å². The van der Waals surface area contributed by atoms with Gasteiger partial charge in [0.1, 0.15) is 16.2 Å². The first-order valence-corrected chi connectivity index (χ1v) is 6.41. The molecule has 1 heterocycles. The van der Waals surface area contributed by atoms with Crippen LogP contribution in [0.25, 0.3) is 11.4 Å². The van der Waals surface area contributed by atoms with Crippen LogP contribution >= 0.6 is 27.5 Å². The maximum absolute atomic E-state index is 9.26. The molecule has 2 rings (SSSR count). The van der Waals surface area contributed by atoms with Crippen molar-refractivity contribution in [1.82, 2.24) is 9.55 Å². The number of ether oxygens (including phenoxy) is 1. The van der Waals surface area contributed by atoms with E-state index in [1.807, 2.05) is 17.7 Å². The monoisotopic (exact) mass is 330 g/mol. The van der Waals surface area contributed by atoms with Crippen LogP contribution in [0.1, 0.15) is 5.69 Å². The summed E-state index contributed by atoms with van der Waals surface area (Å²) in [6.45, 7) is -0.0754. The molecule has 0 aliphatic heterocycles. The Labute approximate surface area is 118 Å². The number of halogens is 2. The Morgan fingerprint density at radius 3 is 2.72 bits per heavy atom. The Balaban J connectivity index is 2.52. The van der Waals surface area contributed by atoms with Gasteiger partial charge < -0.3 is 14.4 Å². The van der Waals surface area contributed by atoms with Crippen molar-refractivity contribution < 1.29 is 9.84 Å². The summed E-state index contributed by atoms with van der Waals surface area (Å²) in [5.74, 6) is 1.35. The molecule has 18 heavy (non-hydrogen) atoms. The third-order valence-electron chi connectivity index (χ3n) is 2.72. The molecule has 0 aliphatic rings. The van der Waals surface area contributed by atoms with Crippen LogP contribution in [0.4, 0.5) is 0 Å². The van der Waals surface area contributed by atoms with Crippen LogP contribution < -0.4 is 4.74 Å². The van der Waals surface area contributed by atoms with Gasteiger partial charge in [-0.1, -0.05) is 11.6 Å². The molecule has 0 atom stereocenters. The Bertz CT molecular complexity index is 584. The van der Waals surface area contributed by atoms with E-state index in [1.165, 1.54) is 0 Å². The third kappa shape index (κ3) is 2.25. The predicted octanol–water partition coefficient (Wildman–Crippen LogP) is 3.00. The van der Waals surface area contributed by atoms with Crippen molar-refractivity contribution in [3.63, 3.8) is 0 Å². The number of imidazole rings is 1. The van der Waals surface area contributed by atoms with Gasteiger partial charge in [0.25, 0.3) is 0 Å². The summed E-state index contributed by atoms with van der Waals surface area (Å²) in [6, 6.07) is 5.45. The molecule has 0 fully saturated rings. The van der Waals surface area contributed by atoms with Gasteiger partial charge in [-0.2, -0.15) is 0 Å². The van der Waals surface area contributed by atoms with Crippen molar-refractivity contribution in [1.29, 1.82) is 0 Å². The van der Waals surface area contributed by atoms with E-state index in [-0.39, 0.29) is 6.61 Å². The smallest absolute Gasteiger partial charge is 0.141 e. The van der Waals surface area contributed by atoms with E-state index in [0.29, 0.717) is 15.4 Å².